The summed E-state index contributed by atoms with van der Waals surface area (Å²) in [6, 6.07) is 12.8. The molecule has 0 amide bonds. The average molecular weight is 553 g/mol. The maximum Gasteiger partial charge on any atom is 0.303 e. The van der Waals surface area contributed by atoms with Gasteiger partial charge >= 0.3 is 5.97 Å². The molecule has 2 aliphatic carbocycles. The summed E-state index contributed by atoms with van der Waals surface area (Å²) in [5.74, 6) is 0.858. The van der Waals surface area contributed by atoms with Crippen LogP contribution < -0.4 is 9.47 Å². The Labute approximate surface area is 230 Å². The van der Waals surface area contributed by atoms with Gasteiger partial charge in [0.05, 0.1) is 30.4 Å². The van der Waals surface area contributed by atoms with Gasteiger partial charge in [-0.15, -0.1) is 6.58 Å². The Morgan fingerprint density at radius 3 is 2.69 bits per heavy atom. The predicted molar refractivity (Wildman–Crippen MR) is 147 cm³/mol. The van der Waals surface area contributed by atoms with Gasteiger partial charge in [0.1, 0.15) is 11.7 Å². The van der Waals surface area contributed by atoms with Gasteiger partial charge in [0, 0.05) is 32.6 Å². The van der Waals surface area contributed by atoms with E-state index in [1.54, 1.807) is 14.2 Å². The highest BCUT2D eigenvalue weighted by molar-refractivity contribution is 7.88. The van der Waals surface area contributed by atoms with Crippen LogP contribution in [0.25, 0.3) is 0 Å². The van der Waals surface area contributed by atoms with Crippen molar-refractivity contribution in [2.75, 3.05) is 27.2 Å². The molecule has 8 nitrogen and oxygen atoms in total. The number of hydrogen-bond acceptors (Lipinski definition) is 7. The molecule has 4 aliphatic rings. The Hall–Kier alpha value is -2.88. The van der Waals surface area contributed by atoms with Crippen molar-refractivity contribution in [1.82, 2.24) is 9.21 Å². The highest BCUT2D eigenvalue weighted by Gasteiger charge is 2.75. The Morgan fingerprint density at radius 1 is 1.23 bits per heavy atom. The summed E-state index contributed by atoms with van der Waals surface area (Å²) >= 11 is 0. The fraction of sp³-hybridized carbons (Fsp3) is 0.500. The van der Waals surface area contributed by atoms with Gasteiger partial charge in [-0.25, -0.2) is 8.42 Å². The number of ether oxygens (including phenoxy) is 3. The number of methoxy groups -OCH3 is 1. The molecule has 2 bridgehead atoms. The molecule has 2 heterocycles. The van der Waals surface area contributed by atoms with Crippen molar-refractivity contribution in [3.05, 3.63) is 71.8 Å². The molecule has 2 aliphatic heterocycles. The first-order valence-corrected chi connectivity index (χ1v) is 15.2. The van der Waals surface area contributed by atoms with E-state index in [0.717, 1.165) is 23.2 Å². The van der Waals surface area contributed by atoms with Crippen LogP contribution >= 0.6 is 0 Å². The van der Waals surface area contributed by atoms with E-state index in [0.29, 0.717) is 43.7 Å². The first-order valence-electron chi connectivity index (χ1n) is 13.6. The van der Waals surface area contributed by atoms with Gasteiger partial charge in [-0.05, 0) is 42.9 Å². The fourth-order valence-corrected chi connectivity index (χ4v) is 9.49. The minimum absolute atomic E-state index is 0.0710. The molecule has 5 atom stereocenters. The maximum atomic E-state index is 13.8. The predicted octanol–water partition coefficient (Wildman–Crippen LogP) is 3.44. The molecule has 1 saturated carbocycles. The lowest BCUT2D eigenvalue weighted by Gasteiger charge is -2.65. The van der Waals surface area contributed by atoms with E-state index in [-0.39, 0.29) is 17.8 Å². The van der Waals surface area contributed by atoms with E-state index in [2.05, 4.69) is 17.5 Å². The molecule has 39 heavy (non-hydrogen) atoms. The number of nitrogens with zero attached hydrogens (tertiary/aromatic N) is 2. The second-order valence-electron chi connectivity index (χ2n) is 11.2. The number of carbonyl (C=O) groups is 1. The van der Waals surface area contributed by atoms with Crippen molar-refractivity contribution in [1.29, 1.82) is 0 Å². The SMILES string of the molecule is C=CCN1CC[C@]23c4c5ccc(OC)c4O[C@H]2[C@@H](N(C)S(=O)(=O)Cc2ccccc2)CC[C@@]3(OC(C)=O)[C@H]1C5. The van der Waals surface area contributed by atoms with Crippen LogP contribution in [0.3, 0.4) is 0 Å². The molecule has 0 aromatic heterocycles. The zero-order valence-electron chi connectivity index (χ0n) is 22.8. The second-order valence-corrected chi connectivity index (χ2v) is 13.3. The molecule has 0 radical (unpaired) electrons. The molecule has 6 rings (SSSR count). The van der Waals surface area contributed by atoms with E-state index in [1.165, 1.54) is 11.2 Å². The average Bonchev–Trinajstić information content (AvgIpc) is 3.25. The zero-order valence-corrected chi connectivity index (χ0v) is 23.6. The lowest BCUT2D eigenvalue weighted by Crippen LogP contribution is -2.79. The standard InChI is InChI=1S/C30H36N2O6S/c1-5-16-32-17-15-29-26-22-11-12-24(36-4)27(26)37-28(29)23(13-14-30(29,25(32)18-22)38-20(2)33)31(3)39(34,35)19-21-9-7-6-8-10-21/h5-12,23,25,28H,1,13-19H2,2-4H3/t23-,25+,28-,29-,30+/m0/s1. The van der Waals surface area contributed by atoms with E-state index in [9.17, 15) is 13.2 Å². The number of hydrogen-bond donors (Lipinski definition) is 0. The van der Waals surface area contributed by atoms with Gasteiger partial charge in [0.25, 0.3) is 0 Å². The summed E-state index contributed by atoms with van der Waals surface area (Å²) in [6.07, 6.45) is 3.79. The second kappa shape index (κ2) is 9.35. The van der Waals surface area contributed by atoms with Crippen molar-refractivity contribution in [2.45, 2.75) is 67.6 Å². The molecule has 2 fully saturated rings. The molecule has 208 valence electrons. The summed E-state index contributed by atoms with van der Waals surface area (Å²) in [7, 11) is -0.386. The van der Waals surface area contributed by atoms with Crippen molar-refractivity contribution in [2.24, 2.45) is 0 Å². The topological polar surface area (TPSA) is 85.4 Å². The van der Waals surface area contributed by atoms with Crippen molar-refractivity contribution < 1.29 is 27.4 Å². The number of carbonyl (C=O) groups excluding carboxylic acids is 1. The minimum atomic E-state index is -3.67. The monoisotopic (exact) mass is 552 g/mol. The number of sulfonamides is 1. The molecule has 0 unspecified atom stereocenters. The largest absolute Gasteiger partial charge is 0.493 e. The molecule has 1 saturated heterocycles. The number of likely N-dealkylation sites (N-methyl/N-ethyl adjacent to an activating group) is 1. The van der Waals surface area contributed by atoms with Crippen LogP contribution in [0.15, 0.2) is 55.1 Å². The van der Waals surface area contributed by atoms with Crippen LogP contribution in [0.2, 0.25) is 0 Å². The zero-order chi connectivity index (χ0) is 27.6. The van der Waals surface area contributed by atoms with Gasteiger partial charge in [-0.2, -0.15) is 4.31 Å². The Bertz CT molecular complexity index is 1410. The number of likely N-dealkylation sites (tertiary alicyclic amines) is 1. The first kappa shape index (κ1) is 26.3. The Kier molecular flexibility index (Phi) is 6.32. The van der Waals surface area contributed by atoms with E-state index in [4.69, 9.17) is 14.2 Å². The van der Waals surface area contributed by atoms with Gasteiger partial charge in [-0.1, -0.05) is 42.5 Å². The van der Waals surface area contributed by atoms with Gasteiger partial charge in [-0.3, -0.25) is 9.69 Å². The van der Waals surface area contributed by atoms with Crippen LogP contribution in [0, 0.1) is 0 Å². The Balaban J connectivity index is 1.50. The maximum absolute atomic E-state index is 13.8. The molecular weight excluding hydrogens is 516 g/mol. The summed E-state index contributed by atoms with van der Waals surface area (Å²) < 4.78 is 48.0. The first-order chi connectivity index (χ1) is 18.7. The lowest BCUT2D eigenvalue weighted by molar-refractivity contribution is -0.220. The molecule has 2 aromatic rings. The van der Waals surface area contributed by atoms with Crippen molar-refractivity contribution >= 4 is 16.0 Å². The third-order valence-electron chi connectivity index (χ3n) is 9.49. The van der Waals surface area contributed by atoms with Crippen LogP contribution in [-0.4, -0.2) is 74.6 Å². The van der Waals surface area contributed by atoms with Crippen molar-refractivity contribution in [3.8, 4) is 11.5 Å². The smallest absolute Gasteiger partial charge is 0.303 e. The summed E-state index contributed by atoms with van der Waals surface area (Å²) in [5.41, 5.74) is 1.36. The van der Waals surface area contributed by atoms with E-state index >= 15 is 0 Å². The summed E-state index contributed by atoms with van der Waals surface area (Å²) in [6.45, 7) is 6.89. The van der Waals surface area contributed by atoms with Gasteiger partial charge in [0.2, 0.25) is 10.0 Å². The highest BCUT2D eigenvalue weighted by atomic mass is 32.2. The van der Waals surface area contributed by atoms with Crippen LogP contribution in [0.1, 0.15) is 42.9 Å². The van der Waals surface area contributed by atoms with Crippen LogP contribution in [0.5, 0.6) is 11.5 Å². The number of rotatable bonds is 8. The third-order valence-corrected chi connectivity index (χ3v) is 11.3. The van der Waals surface area contributed by atoms with Crippen LogP contribution in [0.4, 0.5) is 0 Å². The summed E-state index contributed by atoms with van der Waals surface area (Å²) in [5, 5.41) is 0. The molecule has 9 heteroatoms. The normalized spacial score (nSPS) is 30.8. The fourth-order valence-electron chi connectivity index (χ4n) is 8.04. The van der Waals surface area contributed by atoms with E-state index in [1.807, 2.05) is 42.5 Å². The lowest BCUT2D eigenvalue weighted by atomic mass is 9.48. The molecule has 1 spiro atoms. The number of benzene rings is 2. The number of esters is 1. The number of piperidine rings is 1. The molecule has 0 N–H and O–H groups in total. The Morgan fingerprint density at radius 2 is 2.00 bits per heavy atom. The van der Waals surface area contributed by atoms with Crippen molar-refractivity contribution in [3.63, 3.8) is 0 Å². The quantitative estimate of drug-likeness (QED) is 0.366. The van der Waals surface area contributed by atoms with Gasteiger partial charge < -0.3 is 14.2 Å². The van der Waals surface area contributed by atoms with Gasteiger partial charge in [0.15, 0.2) is 11.5 Å². The molecular formula is C30H36N2O6S. The third kappa shape index (κ3) is 3.69. The molecule has 2 aromatic carbocycles. The highest BCUT2D eigenvalue weighted by Crippen LogP contribution is 2.67. The minimum Gasteiger partial charge on any atom is -0.493 e. The van der Waals surface area contributed by atoms with Crippen LogP contribution in [-0.2, 0) is 37.1 Å². The summed E-state index contributed by atoms with van der Waals surface area (Å²) in [4.78, 5) is 15.1. The van der Waals surface area contributed by atoms with E-state index < -0.39 is 33.2 Å².